The van der Waals surface area contributed by atoms with Crippen molar-refractivity contribution in [2.45, 2.75) is 38.7 Å². The topological polar surface area (TPSA) is 76.5 Å². The average Bonchev–Trinajstić information content (AvgIpc) is 2.56. The third-order valence-electron chi connectivity index (χ3n) is 4.00. The molecule has 2 heterocycles. The normalized spacial score (nSPS) is 18.0. The number of ether oxygens (including phenoxy) is 1. The first-order valence-corrected chi connectivity index (χ1v) is 8.26. The number of amides is 1. The molecule has 0 radical (unpaired) electrons. The molecule has 0 aromatic carbocycles. The Labute approximate surface area is 136 Å². The second kappa shape index (κ2) is 8.67. The van der Waals surface area contributed by atoms with Gasteiger partial charge in [-0.3, -0.25) is 9.59 Å². The number of anilines is 1. The summed E-state index contributed by atoms with van der Waals surface area (Å²) in [6.07, 6.45) is 5.07. The highest BCUT2D eigenvalue weighted by Crippen LogP contribution is 2.16. The van der Waals surface area contributed by atoms with Gasteiger partial charge in [0.2, 0.25) is 5.91 Å². The highest BCUT2D eigenvalue weighted by atomic mass is 16.5. The lowest BCUT2D eigenvalue weighted by molar-refractivity contribution is -0.121. The van der Waals surface area contributed by atoms with Gasteiger partial charge in [0.15, 0.2) is 0 Å². The van der Waals surface area contributed by atoms with E-state index in [4.69, 9.17) is 4.74 Å². The van der Waals surface area contributed by atoms with E-state index in [1.807, 2.05) is 0 Å². The Kier molecular flexibility index (Phi) is 6.58. The van der Waals surface area contributed by atoms with Gasteiger partial charge in [0, 0.05) is 39.2 Å². The minimum atomic E-state index is -0.117. The van der Waals surface area contributed by atoms with Gasteiger partial charge in [0.1, 0.15) is 0 Å². The Morgan fingerprint density at radius 2 is 2.35 bits per heavy atom. The van der Waals surface area contributed by atoms with E-state index in [0.717, 1.165) is 31.5 Å². The van der Waals surface area contributed by atoms with Crippen LogP contribution in [-0.4, -0.2) is 48.0 Å². The summed E-state index contributed by atoms with van der Waals surface area (Å²) in [6, 6.07) is 1.60. The lowest BCUT2D eigenvalue weighted by Crippen LogP contribution is -2.44. The van der Waals surface area contributed by atoms with Crippen molar-refractivity contribution in [1.82, 2.24) is 15.1 Å². The summed E-state index contributed by atoms with van der Waals surface area (Å²) in [5.41, 5.74) is 0.710. The minimum absolute atomic E-state index is 0.0549. The molecule has 0 saturated carbocycles. The number of unbranched alkanes of at least 4 members (excludes halogenated alkanes) is 1. The van der Waals surface area contributed by atoms with Crippen molar-refractivity contribution in [2.75, 3.05) is 31.1 Å². The lowest BCUT2D eigenvalue weighted by atomic mass is 10.2. The second-order valence-electron chi connectivity index (χ2n) is 5.86. The van der Waals surface area contributed by atoms with Crippen LogP contribution in [0, 0.1) is 0 Å². The first-order chi connectivity index (χ1) is 11.1. The van der Waals surface area contributed by atoms with Crippen LogP contribution >= 0.6 is 0 Å². The molecule has 23 heavy (non-hydrogen) atoms. The molecule has 128 valence electrons. The zero-order chi connectivity index (χ0) is 16.7. The molecule has 1 amide bonds. The summed E-state index contributed by atoms with van der Waals surface area (Å²) in [6.45, 7) is 4.76. The van der Waals surface area contributed by atoms with Gasteiger partial charge in [-0.05, 0) is 12.8 Å². The molecule has 0 unspecified atom stereocenters. The Hall–Kier alpha value is -1.89. The molecule has 0 aliphatic carbocycles. The van der Waals surface area contributed by atoms with Crippen LogP contribution in [0.3, 0.4) is 0 Å². The van der Waals surface area contributed by atoms with Gasteiger partial charge in [-0.25, -0.2) is 4.68 Å². The van der Waals surface area contributed by atoms with Gasteiger partial charge in [-0.1, -0.05) is 13.3 Å². The van der Waals surface area contributed by atoms with Crippen molar-refractivity contribution >= 4 is 11.6 Å². The SMILES string of the molecule is CCCCC(=O)NCC[C@@H]1CN(c2cnn(C)c(=O)c2)CCO1. The van der Waals surface area contributed by atoms with Gasteiger partial charge in [0.05, 0.1) is 24.6 Å². The summed E-state index contributed by atoms with van der Waals surface area (Å²) in [5.74, 6) is 0.107. The van der Waals surface area contributed by atoms with Crippen LogP contribution in [0.25, 0.3) is 0 Å². The zero-order valence-corrected chi connectivity index (χ0v) is 14.0. The third-order valence-corrected chi connectivity index (χ3v) is 4.00. The Bertz CT molecular complexity index is 573. The second-order valence-corrected chi connectivity index (χ2v) is 5.86. The number of hydrogen-bond donors (Lipinski definition) is 1. The highest BCUT2D eigenvalue weighted by Gasteiger charge is 2.21. The molecular weight excluding hydrogens is 296 g/mol. The maximum absolute atomic E-state index is 11.7. The smallest absolute Gasteiger partial charge is 0.268 e. The summed E-state index contributed by atoms with van der Waals surface area (Å²) < 4.78 is 7.06. The number of carbonyl (C=O) groups excluding carboxylic acids is 1. The minimum Gasteiger partial charge on any atom is -0.374 e. The number of morpholine rings is 1. The van der Waals surface area contributed by atoms with Crippen molar-refractivity contribution in [3.63, 3.8) is 0 Å². The molecule has 1 N–H and O–H groups in total. The standard InChI is InChI=1S/C16H26N4O3/c1-3-4-5-15(21)17-7-6-14-12-20(8-9-23-14)13-10-16(22)19(2)18-11-13/h10-11,14H,3-9,12H2,1-2H3,(H,17,21)/t14-/m1/s1. The Morgan fingerprint density at radius 1 is 1.52 bits per heavy atom. The summed E-state index contributed by atoms with van der Waals surface area (Å²) in [4.78, 5) is 25.4. The van der Waals surface area contributed by atoms with Gasteiger partial charge in [-0.15, -0.1) is 0 Å². The van der Waals surface area contributed by atoms with Crippen LogP contribution in [0.2, 0.25) is 0 Å². The average molecular weight is 322 g/mol. The predicted octanol–water partition coefficient (Wildman–Crippen LogP) is 0.682. The van der Waals surface area contributed by atoms with E-state index < -0.39 is 0 Å². The van der Waals surface area contributed by atoms with Crippen LogP contribution in [0.5, 0.6) is 0 Å². The molecule has 0 bridgehead atoms. The molecule has 1 atom stereocenters. The van der Waals surface area contributed by atoms with Crippen molar-refractivity contribution in [3.8, 4) is 0 Å². The Morgan fingerprint density at radius 3 is 3.09 bits per heavy atom. The monoisotopic (exact) mass is 322 g/mol. The lowest BCUT2D eigenvalue weighted by Gasteiger charge is -2.34. The van der Waals surface area contributed by atoms with Crippen LogP contribution in [0.1, 0.15) is 32.6 Å². The zero-order valence-electron chi connectivity index (χ0n) is 14.0. The van der Waals surface area contributed by atoms with Crippen molar-refractivity contribution in [2.24, 2.45) is 7.05 Å². The molecule has 1 aliphatic rings. The van der Waals surface area contributed by atoms with E-state index in [-0.39, 0.29) is 17.6 Å². The number of hydrogen-bond acceptors (Lipinski definition) is 5. The first kappa shape index (κ1) is 17.5. The fourth-order valence-electron chi connectivity index (χ4n) is 2.56. The van der Waals surface area contributed by atoms with E-state index in [2.05, 4.69) is 22.2 Å². The van der Waals surface area contributed by atoms with Crippen molar-refractivity contribution in [3.05, 3.63) is 22.6 Å². The van der Waals surface area contributed by atoms with Crippen molar-refractivity contribution in [1.29, 1.82) is 0 Å². The third kappa shape index (κ3) is 5.35. The van der Waals surface area contributed by atoms with Gasteiger partial charge >= 0.3 is 0 Å². The van der Waals surface area contributed by atoms with E-state index in [0.29, 0.717) is 26.1 Å². The molecule has 1 aromatic heterocycles. The molecule has 1 saturated heterocycles. The van der Waals surface area contributed by atoms with Crippen LogP contribution < -0.4 is 15.8 Å². The van der Waals surface area contributed by atoms with Gasteiger partial charge < -0.3 is 15.0 Å². The van der Waals surface area contributed by atoms with E-state index >= 15 is 0 Å². The number of aryl methyl sites for hydroxylation is 1. The molecule has 7 heteroatoms. The summed E-state index contributed by atoms with van der Waals surface area (Å²) in [5, 5.41) is 6.99. The quantitative estimate of drug-likeness (QED) is 0.799. The fourth-order valence-corrected chi connectivity index (χ4v) is 2.56. The largest absolute Gasteiger partial charge is 0.374 e. The molecule has 1 aromatic rings. The van der Waals surface area contributed by atoms with Crippen molar-refractivity contribution < 1.29 is 9.53 Å². The maximum Gasteiger partial charge on any atom is 0.268 e. The maximum atomic E-state index is 11.7. The van der Waals surface area contributed by atoms with Crippen LogP contribution in [-0.2, 0) is 16.6 Å². The summed E-state index contributed by atoms with van der Waals surface area (Å²) in [7, 11) is 1.63. The number of aromatic nitrogens is 2. The number of carbonyl (C=O) groups is 1. The number of rotatable bonds is 7. The molecular formula is C16H26N4O3. The Balaban J connectivity index is 1.80. The molecule has 7 nitrogen and oxygen atoms in total. The predicted molar refractivity (Wildman–Crippen MR) is 88.6 cm³/mol. The van der Waals surface area contributed by atoms with Gasteiger partial charge in [-0.2, -0.15) is 5.10 Å². The molecule has 0 spiro atoms. The van der Waals surface area contributed by atoms with E-state index in [1.54, 1.807) is 19.3 Å². The van der Waals surface area contributed by atoms with E-state index in [1.165, 1.54) is 4.68 Å². The van der Waals surface area contributed by atoms with Gasteiger partial charge in [0.25, 0.3) is 5.56 Å². The number of nitrogens with one attached hydrogen (secondary N) is 1. The number of nitrogens with zero attached hydrogens (tertiary/aromatic N) is 3. The molecule has 1 aliphatic heterocycles. The first-order valence-electron chi connectivity index (χ1n) is 8.26. The van der Waals surface area contributed by atoms with E-state index in [9.17, 15) is 9.59 Å². The van der Waals surface area contributed by atoms with Crippen LogP contribution in [0.4, 0.5) is 5.69 Å². The molecule has 1 fully saturated rings. The fraction of sp³-hybridized carbons (Fsp3) is 0.688. The summed E-state index contributed by atoms with van der Waals surface area (Å²) >= 11 is 0. The van der Waals surface area contributed by atoms with Crippen LogP contribution in [0.15, 0.2) is 17.1 Å². The highest BCUT2D eigenvalue weighted by molar-refractivity contribution is 5.75. The molecule has 2 rings (SSSR count).